The molecule has 2 aliphatic rings. The fraction of sp³-hybridized carbons (Fsp3) is 0.333. The van der Waals surface area contributed by atoms with Gasteiger partial charge in [-0.2, -0.15) is 0 Å². The van der Waals surface area contributed by atoms with E-state index in [1.54, 1.807) is 6.92 Å². The lowest BCUT2D eigenvalue weighted by molar-refractivity contribution is -0.130. The van der Waals surface area contributed by atoms with Crippen LogP contribution in [0.4, 0.5) is 0 Å². The van der Waals surface area contributed by atoms with Gasteiger partial charge in [0.2, 0.25) is 0 Å². The topological polar surface area (TPSA) is 52.6 Å². The second-order valence-electron chi connectivity index (χ2n) is 8.08. The lowest BCUT2D eigenvalue weighted by atomic mass is 9.81. The number of hydrogen-bond donors (Lipinski definition) is 0. The van der Waals surface area contributed by atoms with Gasteiger partial charge in [-0.05, 0) is 50.5 Å². The van der Waals surface area contributed by atoms with Gasteiger partial charge in [-0.25, -0.2) is 9.59 Å². The second-order valence-corrected chi connectivity index (χ2v) is 8.08. The Morgan fingerprint density at radius 3 is 2.50 bits per heavy atom. The molecule has 2 aromatic carbocycles. The van der Waals surface area contributed by atoms with E-state index in [0.717, 1.165) is 40.3 Å². The maximum Gasteiger partial charge on any atom is 0.338 e. The van der Waals surface area contributed by atoms with E-state index in [1.807, 2.05) is 25.1 Å². The van der Waals surface area contributed by atoms with Gasteiger partial charge >= 0.3 is 11.9 Å². The zero-order valence-corrected chi connectivity index (χ0v) is 16.5. The molecule has 4 heteroatoms. The molecule has 0 radical (unpaired) electrons. The Morgan fingerprint density at radius 2 is 1.82 bits per heavy atom. The highest BCUT2D eigenvalue weighted by atomic mass is 16.5. The van der Waals surface area contributed by atoms with E-state index in [9.17, 15) is 9.59 Å². The van der Waals surface area contributed by atoms with Gasteiger partial charge in [0, 0.05) is 33.5 Å². The van der Waals surface area contributed by atoms with Crippen molar-refractivity contribution in [3.05, 3.63) is 59.7 Å². The summed E-state index contributed by atoms with van der Waals surface area (Å²) in [6, 6.07) is 5.89. The van der Waals surface area contributed by atoms with Crippen LogP contribution in [0.3, 0.4) is 0 Å². The number of esters is 2. The van der Waals surface area contributed by atoms with Gasteiger partial charge < -0.3 is 9.47 Å². The molecule has 4 rings (SSSR count). The number of rotatable bonds is 4. The summed E-state index contributed by atoms with van der Waals surface area (Å²) in [4.78, 5) is 24.5. The van der Waals surface area contributed by atoms with Crippen molar-refractivity contribution in [2.75, 3.05) is 0 Å². The summed E-state index contributed by atoms with van der Waals surface area (Å²) in [5.41, 5.74) is 3.42. The second kappa shape index (κ2) is 6.62. The van der Waals surface area contributed by atoms with Crippen LogP contribution in [-0.4, -0.2) is 11.9 Å². The van der Waals surface area contributed by atoms with Crippen LogP contribution in [0.2, 0.25) is 0 Å². The Hall–Kier alpha value is -2.88. The predicted octanol–water partition coefficient (Wildman–Crippen LogP) is 5.33. The van der Waals surface area contributed by atoms with Gasteiger partial charge in [-0.15, -0.1) is 0 Å². The van der Waals surface area contributed by atoms with Gasteiger partial charge in [-0.1, -0.05) is 37.8 Å². The molecule has 144 valence electrons. The average Bonchev–Trinajstić information content (AvgIpc) is 3.21. The first kappa shape index (κ1) is 18.5. The Morgan fingerprint density at radius 1 is 1.11 bits per heavy atom. The largest absolute Gasteiger partial charge is 0.422 e. The molecule has 1 saturated carbocycles. The zero-order valence-electron chi connectivity index (χ0n) is 16.5. The summed E-state index contributed by atoms with van der Waals surface area (Å²) in [6.07, 6.45) is 3.21. The van der Waals surface area contributed by atoms with Crippen LogP contribution in [0.25, 0.3) is 10.8 Å². The van der Waals surface area contributed by atoms with Crippen LogP contribution >= 0.6 is 0 Å². The molecule has 1 fully saturated rings. The van der Waals surface area contributed by atoms with Gasteiger partial charge in [0.25, 0.3) is 0 Å². The molecule has 0 aromatic heterocycles. The monoisotopic (exact) mass is 376 g/mol. The van der Waals surface area contributed by atoms with E-state index < -0.39 is 11.9 Å². The predicted molar refractivity (Wildman–Crippen MR) is 109 cm³/mol. The SMILES string of the molecule is C=CC(=O)Oc1c2c(c(OC(=O)C(=C)C)c3cc(C)ccc13)C1CC(C)C2C1. The number of carbonyl (C=O) groups is 2. The minimum Gasteiger partial charge on any atom is -0.422 e. The van der Waals surface area contributed by atoms with E-state index in [4.69, 9.17) is 9.47 Å². The van der Waals surface area contributed by atoms with Crippen LogP contribution in [0.15, 0.2) is 43.0 Å². The van der Waals surface area contributed by atoms with Crippen LogP contribution in [0.5, 0.6) is 11.5 Å². The van der Waals surface area contributed by atoms with Crippen LogP contribution < -0.4 is 9.47 Å². The lowest BCUT2D eigenvalue weighted by Crippen LogP contribution is -2.16. The van der Waals surface area contributed by atoms with Crippen molar-refractivity contribution in [3.63, 3.8) is 0 Å². The molecule has 2 aromatic rings. The first-order valence-electron chi connectivity index (χ1n) is 9.63. The number of fused-ring (bicyclic) bond motifs is 6. The molecule has 0 N–H and O–H groups in total. The number of carbonyl (C=O) groups excluding carboxylic acids is 2. The molecule has 28 heavy (non-hydrogen) atoms. The lowest BCUT2D eigenvalue weighted by Gasteiger charge is -2.27. The number of benzene rings is 2. The van der Waals surface area contributed by atoms with Crippen LogP contribution in [0, 0.1) is 12.8 Å². The molecular weight excluding hydrogens is 352 g/mol. The van der Waals surface area contributed by atoms with E-state index in [1.165, 1.54) is 6.08 Å². The van der Waals surface area contributed by atoms with E-state index in [-0.39, 0.29) is 0 Å². The van der Waals surface area contributed by atoms with Crippen LogP contribution in [0.1, 0.15) is 55.2 Å². The van der Waals surface area contributed by atoms with Gasteiger partial charge in [0.15, 0.2) is 0 Å². The third-order valence-electron chi connectivity index (χ3n) is 6.02. The van der Waals surface area contributed by atoms with E-state index in [0.29, 0.717) is 34.8 Å². The van der Waals surface area contributed by atoms with Crippen molar-refractivity contribution >= 4 is 22.7 Å². The smallest absolute Gasteiger partial charge is 0.338 e. The van der Waals surface area contributed by atoms with E-state index >= 15 is 0 Å². The first-order valence-corrected chi connectivity index (χ1v) is 9.63. The highest BCUT2D eigenvalue weighted by Crippen LogP contribution is 2.63. The van der Waals surface area contributed by atoms with Crippen molar-refractivity contribution < 1.29 is 19.1 Å². The molecule has 0 heterocycles. The van der Waals surface area contributed by atoms with Crippen molar-refractivity contribution in [1.29, 1.82) is 0 Å². The number of ether oxygens (including phenoxy) is 2. The molecule has 0 spiro atoms. The van der Waals surface area contributed by atoms with Crippen molar-refractivity contribution in [1.82, 2.24) is 0 Å². The summed E-state index contributed by atoms with van der Waals surface area (Å²) in [5, 5.41) is 1.57. The molecule has 3 atom stereocenters. The Balaban J connectivity index is 2.05. The highest BCUT2D eigenvalue weighted by molar-refractivity contribution is 6.02. The van der Waals surface area contributed by atoms with Gasteiger partial charge in [0.1, 0.15) is 11.5 Å². The summed E-state index contributed by atoms with van der Waals surface area (Å²) in [6.45, 7) is 13.1. The molecule has 4 nitrogen and oxygen atoms in total. The Labute approximate surface area is 164 Å². The Bertz CT molecular complexity index is 1050. The minimum absolute atomic E-state index is 0.292. The summed E-state index contributed by atoms with van der Waals surface area (Å²) < 4.78 is 11.6. The van der Waals surface area contributed by atoms with Crippen LogP contribution in [-0.2, 0) is 9.59 Å². The maximum atomic E-state index is 12.4. The third-order valence-corrected chi connectivity index (χ3v) is 6.02. The summed E-state index contributed by atoms with van der Waals surface area (Å²) in [5.74, 6) is 1.35. The van der Waals surface area contributed by atoms with Crippen molar-refractivity contribution in [2.24, 2.45) is 5.92 Å². The van der Waals surface area contributed by atoms with Gasteiger partial charge in [-0.3, -0.25) is 0 Å². The summed E-state index contributed by atoms with van der Waals surface area (Å²) >= 11 is 0. The van der Waals surface area contributed by atoms with Gasteiger partial charge in [0.05, 0.1) is 0 Å². The first-order chi connectivity index (χ1) is 13.3. The van der Waals surface area contributed by atoms with Crippen molar-refractivity contribution in [2.45, 2.75) is 45.4 Å². The standard InChI is InChI=1S/C24H24O4/c1-6-19(25)27-22-16-8-7-13(4)9-18(16)23(28-24(26)12(2)3)20-15-10-14(5)17(11-15)21(20)22/h6-9,14-15,17H,1-2,10-11H2,3-5H3. The zero-order chi connectivity index (χ0) is 20.2. The molecular formula is C24H24O4. The molecule has 2 aliphatic carbocycles. The fourth-order valence-corrected chi connectivity index (χ4v) is 4.78. The highest BCUT2D eigenvalue weighted by Gasteiger charge is 2.47. The maximum absolute atomic E-state index is 12.4. The Kier molecular flexibility index (Phi) is 4.37. The molecule has 2 bridgehead atoms. The molecule has 3 unspecified atom stereocenters. The molecule has 0 aliphatic heterocycles. The molecule has 0 amide bonds. The summed E-state index contributed by atoms with van der Waals surface area (Å²) in [7, 11) is 0. The number of hydrogen-bond acceptors (Lipinski definition) is 4. The minimum atomic E-state index is -0.480. The average molecular weight is 376 g/mol. The van der Waals surface area contributed by atoms with Crippen molar-refractivity contribution in [3.8, 4) is 11.5 Å². The normalized spacial score (nSPS) is 22.0. The molecule has 0 saturated heterocycles. The third kappa shape index (κ3) is 2.75. The fourth-order valence-electron chi connectivity index (χ4n) is 4.78. The quantitative estimate of drug-likeness (QED) is 0.411. The number of aryl methyl sites for hydroxylation is 1. The van der Waals surface area contributed by atoms with E-state index in [2.05, 4.69) is 20.1 Å².